The van der Waals surface area contributed by atoms with Crippen molar-refractivity contribution in [2.45, 2.75) is 26.7 Å². The summed E-state index contributed by atoms with van der Waals surface area (Å²) in [6.45, 7) is 5.65. The standard InChI is InChI=1S/C20H25N3O5/c1-12-17(14(3)24)19(15-7-6-8-16(11-15)23(26)27)18(13(2)21-12)20(25)28-10-9-22(4)5/h6-8,11,19,21H,9-10H2,1-5H3. The summed E-state index contributed by atoms with van der Waals surface area (Å²) in [7, 11) is 3.73. The Morgan fingerprint density at radius 1 is 1.21 bits per heavy atom. The molecule has 0 aliphatic carbocycles. The molecule has 0 saturated heterocycles. The van der Waals surface area contributed by atoms with Crippen molar-refractivity contribution in [2.75, 3.05) is 27.2 Å². The fourth-order valence-electron chi connectivity index (χ4n) is 3.28. The Morgan fingerprint density at radius 3 is 2.43 bits per heavy atom. The molecule has 1 aromatic rings. The van der Waals surface area contributed by atoms with Gasteiger partial charge in [0.25, 0.3) is 5.69 Å². The second-order valence-corrected chi connectivity index (χ2v) is 6.98. The van der Waals surface area contributed by atoms with E-state index in [0.29, 0.717) is 29.1 Å². The Labute approximate surface area is 164 Å². The lowest BCUT2D eigenvalue weighted by molar-refractivity contribution is -0.384. The monoisotopic (exact) mass is 387 g/mol. The molecule has 28 heavy (non-hydrogen) atoms. The minimum absolute atomic E-state index is 0.102. The van der Waals surface area contributed by atoms with Crippen LogP contribution in [0.4, 0.5) is 5.69 Å². The molecule has 1 aliphatic heterocycles. The number of benzene rings is 1. The van der Waals surface area contributed by atoms with E-state index in [1.807, 2.05) is 19.0 Å². The molecule has 0 fully saturated rings. The highest BCUT2D eigenvalue weighted by Gasteiger charge is 2.36. The van der Waals surface area contributed by atoms with Gasteiger partial charge in [0.05, 0.1) is 10.5 Å². The number of nitrogens with zero attached hydrogens (tertiary/aromatic N) is 2. The van der Waals surface area contributed by atoms with Crippen molar-refractivity contribution in [1.29, 1.82) is 0 Å². The number of rotatable bonds is 7. The van der Waals surface area contributed by atoms with E-state index in [0.717, 1.165) is 0 Å². The molecule has 1 heterocycles. The molecule has 0 saturated carbocycles. The number of esters is 1. The molecule has 8 heteroatoms. The summed E-state index contributed by atoms with van der Waals surface area (Å²) in [5.74, 6) is -1.49. The maximum Gasteiger partial charge on any atom is 0.336 e. The fraction of sp³-hybridized carbons (Fsp3) is 0.400. The first-order valence-electron chi connectivity index (χ1n) is 8.89. The molecule has 0 amide bonds. The molecule has 1 unspecified atom stereocenters. The van der Waals surface area contributed by atoms with Crippen molar-refractivity contribution in [3.8, 4) is 0 Å². The Balaban J connectivity index is 2.53. The number of ether oxygens (including phenoxy) is 1. The molecule has 1 atom stereocenters. The number of nitrogens with one attached hydrogen (secondary N) is 1. The molecule has 0 spiro atoms. The van der Waals surface area contributed by atoms with Crippen LogP contribution in [0, 0.1) is 10.1 Å². The normalized spacial score (nSPS) is 16.9. The molecule has 1 aromatic carbocycles. The van der Waals surface area contributed by atoms with Gasteiger partial charge in [0.15, 0.2) is 5.78 Å². The van der Waals surface area contributed by atoms with Crippen molar-refractivity contribution < 1.29 is 19.2 Å². The zero-order valence-corrected chi connectivity index (χ0v) is 16.7. The summed E-state index contributed by atoms with van der Waals surface area (Å²) in [4.78, 5) is 37.8. The van der Waals surface area contributed by atoms with Gasteiger partial charge in [-0.05, 0) is 40.4 Å². The number of carbonyl (C=O) groups is 2. The molecular formula is C20H25N3O5. The summed E-state index contributed by atoms with van der Waals surface area (Å²) in [6, 6.07) is 6.00. The molecule has 1 N–H and O–H groups in total. The van der Waals surface area contributed by atoms with E-state index in [4.69, 9.17) is 4.74 Å². The van der Waals surface area contributed by atoms with Gasteiger partial charge in [-0.25, -0.2) is 4.79 Å². The molecule has 0 bridgehead atoms. The van der Waals surface area contributed by atoms with Crippen LogP contribution < -0.4 is 5.32 Å². The number of hydrogen-bond acceptors (Lipinski definition) is 7. The third-order valence-corrected chi connectivity index (χ3v) is 4.55. The Bertz CT molecular complexity index is 870. The first-order chi connectivity index (χ1) is 13.1. The third-order valence-electron chi connectivity index (χ3n) is 4.55. The average molecular weight is 387 g/mol. The molecule has 8 nitrogen and oxygen atoms in total. The predicted molar refractivity (Wildman–Crippen MR) is 105 cm³/mol. The van der Waals surface area contributed by atoms with Crippen molar-refractivity contribution in [2.24, 2.45) is 0 Å². The summed E-state index contributed by atoms with van der Waals surface area (Å²) < 4.78 is 5.41. The Morgan fingerprint density at radius 2 is 1.86 bits per heavy atom. The number of nitro benzene ring substituents is 1. The van der Waals surface area contributed by atoms with E-state index in [2.05, 4.69) is 5.32 Å². The molecular weight excluding hydrogens is 362 g/mol. The number of Topliss-reactive ketones (excluding diaryl/α,β-unsaturated/α-hetero) is 1. The van der Waals surface area contributed by atoms with Crippen LogP contribution in [0.2, 0.25) is 0 Å². The zero-order chi connectivity index (χ0) is 21.0. The van der Waals surface area contributed by atoms with Gasteiger partial charge < -0.3 is 15.0 Å². The summed E-state index contributed by atoms with van der Waals surface area (Å²) in [6.07, 6.45) is 0. The largest absolute Gasteiger partial charge is 0.461 e. The Kier molecular flexibility index (Phi) is 6.69. The number of dihydropyridines is 1. The lowest BCUT2D eigenvalue weighted by Crippen LogP contribution is -2.32. The second kappa shape index (κ2) is 8.79. The van der Waals surface area contributed by atoms with Crippen LogP contribution in [-0.4, -0.2) is 48.8 Å². The Hall–Kier alpha value is -3.00. The molecule has 2 rings (SSSR count). The van der Waals surface area contributed by atoms with Crippen LogP contribution in [0.25, 0.3) is 0 Å². The lowest BCUT2D eigenvalue weighted by atomic mass is 9.79. The SMILES string of the molecule is CC(=O)C1=C(C)NC(C)=C(C(=O)OCCN(C)C)C1c1cccc([N+](=O)[O-])c1. The van der Waals surface area contributed by atoms with Gasteiger partial charge in [-0.2, -0.15) is 0 Å². The van der Waals surface area contributed by atoms with Gasteiger partial charge in [-0.15, -0.1) is 0 Å². The highest BCUT2D eigenvalue weighted by Crippen LogP contribution is 2.39. The van der Waals surface area contributed by atoms with E-state index in [-0.39, 0.29) is 23.7 Å². The van der Waals surface area contributed by atoms with Crippen molar-refractivity contribution in [3.05, 3.63) is 62.5 Å². The summed E-state index contributed by atoms with van der Waals surface area (Å²) in [5, 5.41) is 14.3. The van der Waals surface area contributed by atoms with Crippen molar-refractivity contribution in [3.63, 3.8) is 0 Å². The maximum atomic E-state index is 12.9. The topological polar surface area (TPSA) is 102 Å². The number of nitro groups is 1. The van der Waals surface area contributed by atoms with Gasteiger partial charge in [0.1, 0.15) is 6.61 Å². The van der Waals surface area contributed by atoms with Gasteiger partial charge in [0.2, 0.25) is 0 Å². The van der Waals surface area contributed by atoms with E-state index in [9.17, 15) is 19.7 Å². The summed E-state index contributed by atoms with van der Waals surface area (Å²) in [5.41, 5.74) is 2.26. The first kappa shape index (κ1) is 21.3. The number of ketones is 1. The number of allylic oxidation sites excluding steroid dienone is 3. The minimum atomic E-state index is -0.731. The zero-order valence-electron chi connectivity index (χ0n) is 16.7. The van der Waals surface area contributed by atoms with Crippen LogP contribution in [0.3, 0.4) is 0 Å². The van der Waals surface area contributed by atoms with Crippen LogP contribution in [-0.2, 0) is 14.3 Å². The molecule has 0 radical (unpaired) electrons. The van der Waals surface area contributed by atoms with Crippen LogP contribution in [0.1, 0.15) is 32.3 Å². The highest BCUT2D eigenvalue weighted by atomic mass is 16.6. The smallest absolute Gasteiger partial charge is 0.336 e. The molecule has 0 aromatic heterocycles. The number of non-ortho nitro benzene ring substituents is 1. The molecule has 1 aliphatic rings. The van der Waals surface area contributed by atoms with E-state index >= 15 is 0 Å². The number of hydrogen-bond donors (Lipinski definition) is 1. The lowest BCUT2D eigenvalue weighted by Gasteiger charge is -2.30. The van der Waals surface area contributed by atoms with Crippen molar-refractivity contribution in [1.82, 2.24) is 10.2 Å². The van der Waals surface area contributed by atoms with Gasteiger partial charge >= 0.3 is 5.97 Å². The highest BCUT2D eigenvalue weighted by molar-refractivity contribution is 6.02. The summed E-state index contributed by atoms with van der Waals surface area (Å²) >= 11 is 0. The van der Waals surface area contributed by atoms with Gasteiger partial charge in [-0.1, -0.05) is 12.1 Å². The quantitative estimate of drug-likeness (QED) is 0.436. The molecule has 150 valence electrons. The first-order valence-corrected chi connectivity index (χ1v) is 8.89. The van der Waals surface area contributed by atoms with Crippen LogP contribution in [0.5, 0.6) is 0 Å². The van der Waals surface area contributed by atoms with Gasteiger partial charge in [0, 0.05) is 41.6 Å². The average Bonchev–Trinajstić information content (AvgIpc) is 2.60. The van der Waals surface area contributed by atoms with E-state index in [1.165, 1.54) is 19.1 Å². The third kappa shape index (κ3) is 4.64. The second-order valence-electron chi connectivity index (χ2n) is 6.98. The number of carbonyl (C=O) groups excluding carboxylic acids is 2. The van der Waals surface area contributed by atoms with Crippen LogP contribution >= 0.6 is 0 Å². The van der Waals surface area contributed by atoms with Crippen molar-refractivity contribution >= 4 is 17.4 Å². The van der Waals surface area contributed by atoms with Gasteiger partial charge in [-0.3, -0.25) is 14.9 Å². The minimum Gasteiger partial charge on any atom is -0.461 e. The van der Waals surface area contributed by atoms with E-state index in [1.54, 1.807) is 26.0 Å². The van der Waals surface area contributed by atoms with Crippen LogP contribution in [0.15, 0.2) is 46.8 Å². The number of likely N-dealkylation sites (N-methyl/N-ethyl adjacent to an activating group) is 1. The fourth-order valence-corrected chi connectivity index (χ4v) is 3.28. The van der Waals surface area contributed by atoms with E-state index < -0.39 is 16.8 Å². The predicted octanol–water partition coefficient (Wildman–Crippen LogP) is 2.52. The maximum absolute atomic E-state index is 12.9.